The van der Waals surface area contributed by atoms with Crippen molar-refractivity contribution in [2.24, 2.45) is 5.92 Å². The van der Waals surface area contributed by atoms with Crippen molar-refractivity contribution in [3.63, 3.8) is 0 Å². The maximum Gasteiger partial charge on any atom is 0.238 e. The van der Waals surface area contributed by atoms with E-state index in [1.807, 2.05) is 29.2 Å². The van der Waals surface area contributed by atoms with Crippen LogP contribution in [0.4, 0.5) is 11.5 Å². The summed E-state index contributed by atoms with van der Waals surface area (Å²) >= 11 is 9.23. The molecule has 1 aromatic carbocycles. The van der Waals surface area contributed by atoms with E-state index in [1.165, 1.54) is 6.20 Å². The molecule has 0 saturated carbocycles. The summed E-state index contributed by atoms with van der Waals surface area (Å²) in [5, 5.41) is 6.24. The fraction of sp³-hybridized carbons (Fsp3) is 0.316. The van der Waals surface area contributed by atoms with Crippen LogP contribution in [-0.4, -0.2) is 41.3 Å². The van der Waals surface area contributed by atoms with Crippen LogP contribution in [-0.2, 0) is 9.59 Å². The fourth-order valence-corrected chi connectivity index (χ4v) is 3.54. The average Bonchev–Trinajstić information content (AvgIpc) is 2.65. The Morgan fingerprint density at radius 1 is 1.22 bits per heavy atom. The third-order valence-corrected chi connectivity index (χ3v) is 5.29. The molecule has 2 heterocycles. The van der Waals surface area contributed by atoms with Gasteiger partial charge >= 0.3 is 0 Å². The van der Waals surface area contributed by atoms with E-state index < -0.39 is 0 Å². The Morgan fingerprint density at radius 2 is 2.04 bits per heavy atom. The van der Waals surface area contributed by atoms with Crippen LogP contribution in [0.2, 0.25) is 5.02 Å². The van der Waals surface area contributed by atoms with Crippen molar-refractivity contribution in [1.29, 1.82) is 0 Å². The molecule has 2 aromatic rings. The van der Waals surface area contributed by atoms with Gasteiger partial charge in [-0.15, -0.1) is 0 Å². The normalized spacial score (nSPS) is 17.3. The third kappa shape index (κ3) is 5.76. The van der Waals surface area contributed by atoms with Crippen molar-refractivity contribution >= 4 is 50.9 Å². The number of anilines is 2. The van der Waals surface area contributed by atoms with E-state index in [2.05, 4.69) is 31.5 Å². The highest BCUT2D eigenvalue weighted by Crippen LogP contribution is 2.22. The van der Waals surface area contributed by atoms with E-state index in [1.54, 1.807) is 12.1 Å². The van der Waals surface area contributed by atoms with Gasteiger partial charge in [0, 0.05) is 17.2 Å². The van der Waals surface area contributed by atoms with Gasteiger partial charge in [0.15, 0.2) is 0 Å². The van der Waals surface area contributed by atoms with Gasteiger partial charge in [-0.2, -0.15) is 0 Å². The second-order valence-electron chi connectivity index (χ2n) is 6.45. The van der Waals surface area contributed by atoms with E-state index >= 15 is 0 Å². The molecule has 0 radical (unpaired) electrons. The molecule has 1 atom stereocenters. The Balaban J connectivity index is 1.52. The van der Waals surface area contributed by atoms with Gasteiger partial charge in [-0.25, -0.2) is 4.98 Å². The number of para-hydroxylation sites is 1. The second kappa shape index (κ2) is 9.30. The predicted molar refractivity (Wildman–Crippen MR) is 110 cm³/mol. The zero-order valence-corrected chi connectivity index (χ0v) is 17.0. The standard InChI is InChI=1S/C19H20BrClN4O2/c20-15-5-1-2-6-16(15)23-18(26)12-25-9-3-4-13(11-25)19(27)24-17-8-7-14(21)10-22-17/h1-2,5-8,10,13H,3-4,9,11-12H2,(H,23,26)(H,22,24,27). The minimum Gasteiger partial charge on any atom is -0.324 e. The number of pyridine rings is 1. The number of piperidine rings is 1. The molecule has 142 valence electrons. The Labute approximate surface area is 171 Å². The maximum atomic E-state index is 12.5. The molecule has 1 unspecified atom stereocenters. The van der Waals surface area contributed by atoms with Crippen LogP contribution < -0.4 is 10.6 Å². The van der Waals surface area contributed by atoms with Crippen LogP contribution >= 0.6 is 27.5 Å². The summed E-state index contributed by atoms with van der Waals surface area (Å²) < 4.78 is 0.838. The van der Waals surface area contributed by atoms with Crippen LogP contribution in [0, 0.1) is 5.92 Å². The summed E-state index contributed by atoms with van der Waals surface area (Å²) in [7, 11) is 0. The molecule has 0 aliphatic carbocycles. The number of halogens is 2. The second-order valence-corrected chi connectivity index (χ2v) is 7.74. The van der Waals surface area contributed by atoms with Gasteiger partial charge in [0.05, 0.1) is 23.2 Å². The molecule has 1 fully saturated rings. The number of nitrogens with zero attached hydrogens (tertiary/aromatic N) is 2. The zero-order valence-electron chi connectivity index (χ0n) is 14.6. The van der Waals surface area contributed by atoms with Crippen LogP contribution in [0.1, 0.15) is 12.8 Å². The Hall–Kier alpha value is -1.96. The van der Waals surface area contributed by atoms with Crippen molar-refractivity contribution < 1.29 is 9.59 Å². The summed E-state index contributed by atoms with van der Waals surface area (Å²) in [4.78, 5) is 30.9. The van der Waals surface area contributed by atoms with Crippen molar-refractivity contribution in [3.05, 3.63) is 52.1 Å². The Bertz CT molecular complexity index is 816. The van der Waals surface area contributed by atoms with E-state index in [-0.39, 0.29) is 24.3 Å². The molecule has 8 heteroatoms. The highest BCUT2D eigenvalue weighted by Gasteiger charge is 2.27. The smallest absolute Gasteiger partial charge is 0.238 e. The zero-order chi connectivity index (χ0) is 19.2. The Kier molecular flexibility index (Phi) is 6.82. The average molecular weight is 452 g/mol. The molecule has 0 bridgehead atoms. The summed E-state index contributed by atoms with van der Waals surface area (Å²) in [6, 6.07) is 10.8. The number of amides is 2. The molecule has 1 aromatic heterocycles. The first-order valence-electron chi connectivity index (χ1n) is 8.70. The largest absolute Gasteiger partial charge is 0.324 e. The topological polar surface area (TPSA) is 74.3 Å². The van der Waals surface area contributed by atoms with Gasteiger partial charge < -0.3 is 10.6 Å². The molecule has 2 amide bonds. The monoisotopic (exact) mass is 450 g/mol. The SMILES string of the molecule is O=C(CN1CCCC(C(=O)Nc2ccc(Cl)cn2)C1)Nc1ccccc1Br. The molecular weight excluding hydrogens is 432 g/mol. The quantitative estimate of drug-likeness (QED) is 0.725. The van der Waals surface area contributed by atoms with Gasteiger partial charge in [0.25, 0.3) is 0 Å². The van der Waals surface area contributed by atoms with Gasteiger partial charge in [-0.3, -0.25) is 14.5 Å². The van der Waals surface area contributed by atoms with Crippen LogP contribution in [0.15, 0.2) is 47.1 Å². The number of hydrogen-bond donors (Lipinski definition) is 2. The van der Waals surface area contributed by atoms with Crippen molar-refractivity contribution in [2.45, 2.75) is 12.8 Å². The summed E-state index contributed by atoms with van der Waals surface area (Å²) in [5.74, 6) is 0.128. The third-order valence-electron chi connectivity index (χ3n) is 4.37. The van der Waals surface area contributed by atoms with E-state index in [0.717, 1.165) is 29.5 Å². The number of hydrogen-bond acceptors (Lipinski definition) is 4. The predicted octanol–water partition coefficient (Wildman–Crippen LogP) is 3.79. The Morgan fingerprint density at radius 3 is 2.78 bits per heavy atom. The number of aromatic nitrogens is 1. The number of benzene rings is 1. The van der Waals surface area contributed by atoms with E-state index in [0.29, 0.717) is 17.4 Å². The summed E-state index contributed by atoms with van der Waals surface area (Å²) in [5.41, 5.74) is 0.739. The molecule has 3 rings (SSSR count). The first-order valence-corrected chi connectivity index (χ1v) is 9.87. The number of likely N-dealkylation sites (tertiary alicyclic amines) is 1. The lowest BCUT2D eigenvalue weighted by atomic mass is 9.97. The molecule has 6 nitrogen and oxygen atoms in total. The van der Waals surface area contributed by atoms with Crippen LogP contribution in [0.3, 0.4) is 0 Å². The van der Waals surface area contributed by atoms with Crippen molar-refractivity contribution in [1.82, 2.24) is 9.88 Å². The first kappa shape index (κ1) is 19.8. The van der Waals surface area contributed by atoms with Gasteiger partial charge in [-0.1, -0.05) is 23.7 Å². The fourth-order valence-electron chi connectivity index (χ4n) is 3.05. The minimum absolute atomic E-state index is 0.0827. The highest BCUT2D eigenvalue weighted by molar-refractivity contribution is 9.10. The first-order chi connectivity index (χ1) is 13.0. The molecule has 0 spiro atoms. The van der Waals surface area contributed by atoms with Crippen LogP contribution in [0.25, 0.3) is 0 Å². The van der Waals surface area contributed by atoms with Gasteiger partial charge in [0.2, 0.25) is 11.8 Å². The van der Waals surface area contributed by atoms with Crippen LogP contribution in [0.5, 0.6) is 0 Å². The minimum atomic E-state index is -0.174. The lowest BCUT2D eigenvalue weighted by Crippen LogP contribution is -2.44. The summed E-state index contributed by atoms with van der Waals surface area (Å²) in [6.45, 7) is 1.60. The number of nitrogens with one attached hydrogen (secondary N) is 2. The number of rotatable bonds is 5. The number of carbonyl (C=O) groups is 2. The van der Waals surface area contributed by atoms with Gasteiger partial charge in [0.1, 0.15) is 5.82 Å². The highest BCUT2D eigenvalue weighted by atomic mass is 79.9. The molecule has 2 N–H and O–H groups in total. The molecule has 1 aliphatic rings. The molecule has 1 aliphatic heterocycles. The molecule has 1 saturated heterocycles. The van der Waals surface area contributed by atoms with Gasteiger partial charge in [-0.05, 0) is 59.6 Å². The lowest BCUT2D eigenvalue weighted by Gasteiger charge is -2.31. The maximum absolute atomic E-state index is 12.5. The van der Waals surface area contributed by atoms with E-state index in [9.17, 15) is 9.59 Å². The molecular formula is C19H20BrClN4O2. The van der Waals surface area contributed by atoms with E-state index in [4.69, 9.17) is 11.6 Å². The number of carbonyl (C=O) groups excluding carboxylic acids is 2. The summed E-state index contributed by atoms with van der Waals surface area (Å²) in [6.07, 6.45) is 3.16. The lowest BCUT2D eigenvalue weighted by molar-refractivity contribution is -0.123. The molecule has 27 heavy (non-hydrogen) atoms. The van der Waals surface area contributed by atoms with Crippen molar-refractivity contribution in [3.8, 4) is 0 Å². The van der Waals surface area contributed by atoms with Crippen molar-refractivity contribution in [2.75, 3.05) is 30.3 Å².